The number of aliphatic hydroxyl groups is 1. The Bertz CT molecular complexity index is 1300. The minimum Gasteiger partial charge on any atom is -0.494 e. The maximum atomic E-state index is 13.9. The molecule has 0 saturated carbocycles. The van der Waals surface area contributed by atoms with Gasteiger partial charge in [-0.2, -0.15) is 0 Å². The average Bonchev–Trinajstić information content (AvgIpc) is 3.27. The van der Waals surface area contributed by atoms with Gasteiger partial charge in [-0.25, -0.2) is 4.39 Å². The summed E-state index contributed by atoms with van der Waals surface area (Å²) in [7, 11) is 1.40. The van der Waals surface area contributed by atoms with Crippen molar-refractivity contribution in [2.45, 2.75) is 19.4 Å². The van der Waals surface area contributed by atoms with Crippen LogP contribution in [0.3, 0.4) is 0 Å². The molecule has 3 N–H and O–H groups in total. The number of amides is 1. The number of hydrogen-bond acceptors (Lipinski definition) is 4. The molecule has 1 atom stereocenters. The number of aromatic amines is 1. The monoisotopic (exact) mass is 462 g/mol. The Balaban J connectivity index is 1.60. The van der Waals surface area contributed by atoms with Crippen molar-refractivity contribution >= 4 is 16.8 Å². The molecule has 7 heteroatoms. The van der Waals surface area contributed by atoms with Crippen LogP contribution in [0, 0.1) is 5.82 Å². The van der Waals surface area contributed by atoms with Gasteiger partial charge in [0.2, 0.25) is 0 Å². The van der Waals surface area contributed by atoms with Gasteiger partial charge < -0.3 is 24.9 Å². The molecule has 1 amide bonds. The number of aromatic nitrogens is 1. The fourth-order valence-electron chi connectivity index (χ4n) is 4.00. The van der Waals surface area contributed by atoms with Gasteiger partial charge in [-0.1, -0.05) is 30.3 Å². The molecule has 0 radical (unpaired) electrons. The van der Waals surface area contributed by atoms with E-state index in [1.165, 1.54) is 13.2 Å². The van der Waals surface area contributed by atoms with Crippen LogP contribution in [-0.4, -0.2) is 42.4 Å². The highest BCUT2D eigenvalue weighted by atomic mass is 19.1. The van der Waals surface area contributed by atoms with Crippen LogP contribution in [0.25, 0.3) is 22.0 Å². The van der Waals surface area contributed by atoms with Crippen LogP contribution < -0.4 is 14.8 Å². The van der Waals surface area contributed by atoms with E-state index < -0.39 is 11.9 Å². The summed E-state index contributed by atoms with van der Waals surface area (Å²) in [5.41, 5.74) is 3.76. The van der Waals surface area contributed by atoms with Gasteiger partial charge in [0.05, 0.1) is 31.9 Å². The highest BCUT2D eigenvalue weighted by Gasteiger charge is 2.20. The topological polar surface area (TPSA) is 83.6 Å². The number of carbonyl (C=O) groups excluding carboxylic acids is 1. The smallest absolute Gasteiger partial charge is 0.255 e. The molecule has 1 heterocycles. The number of carbonyl (C=O) groups is 1. The number of halogens is 1. The van der Waals surface area contributed by atoms with Gasteiger partial charge in [0.25, 0.3) is 5.91 Å². The van der Waals surface area contributed by atoms with Gasteiger partial charge in [-0.15, -0.1) is 0 Å². The molecule has 4 aromatic rings. The third-order valence-corrected chi connectivity index (χ3v) is 5.71. The number of H-pyrrole nitrogens is 1. The minimum atomic E-state index is -0.490. The Morgan fingerprint density at radius 2 is 1.85 bits per heavy atom. The number of nitrogens with one attached hydrogen (secondary N) is 2. The van der Waals surface area contributed by atoms with E-state index in [1.807, 2.05) is 43.5 Å². The zero-order valence-electron chi connectivity index (χ0n) is 19.1. The number of ether oxygens (including phenoxy) is 2. The van der Waals surface area contributed by atoms with Gasteiger partial charge in [-0.3, -0.25) is 4.79 Å². The van der Waals surface area contributed by atoms with Crippen molar-refractivity contribution < 1.29 is 23.8 Å². The lowest BCUT2D eigenvalue weighted by atomic mass is 10.0. The number of fused-ring (bicyclic) bond motifs is 1. The summed E-state index contributed by atoms with van der Waals surface area (Å²) < 4.78 is 24.6. The Morgan fingerprint density at radius 3 is 2.62 bits per heavy atom. The van der Waals surface area contributed by atoms with Gasteiger partial charge in [0.15, 0.2) is 11.6 Å². The van der Waals surface area contributed by atoms with Crippen molar-refractivity contribution in [2.75, 3.05) is 20.3 Å². The number of methoxy groups -OCH3 is 1. The van der Waals surface area contributed by atoms with Gasteiger partial charge in [0.1, 0.15) is 5.75 Å². The molecule has 0 aliphatic heterocycles. The van der Waals surface area contributed by atoms with E-state index in [-0.39, 0.29) is 18.3 Å². The molecule has 34 heavy (non-hydrogen) atoms. The summed E-state index contributed by atoms with van der Waals surface area (Å²) in [4.78, 5) is 16.5. The summed E-state index contributed by atoms with van der Waals surface area (Å²) in [6.45, 7) is 2.01. The molecule has 3 aromatic carbocycles. The number of rotatable bonds is 9. The van der Waals surface area contributed by atoms with Crippen LogP contribution in [0.4, 0.5) is 4.39 Å². The molecule has 4 rings (SSSR count). The molecule has 0 fully saturated rings. The number of para-hydroxylation sites is 1. The fourth-order valence-corrected chi connectivity index (χ4v) is 4.00. The molecular formula is C27H27FN2O4. The van der Waals surface area contributed by atoms with Crippen LogP contribution in [-0.2, 0) is 6.42 Å². The van der Waals surface area contributed by atoms with Crippen LogP contribution in [0.2, 0.25) is 0 Å². The van der Waals surface area contributed by atoms with Crippen molar-refractivity contribution in [3.05, 3.63) is 83.8 Å². The Kier molecular flexibility index (Phi) is 7.13. The van der Waals surface area contributed by atoms with E-state index in [0.717, 1.165) is 16.5 Å². The van der Waals surface area contributed by atoms with E-state index >= 15 is 0 Å². The number of aliphatic hydroxyl groups excluding tert-OH is 1. The predicted molar refractivity (Wildman–Crippen MR) is 130 cm³/mol. The van der Waals surface area contributed by atoms with E-state index in [1.54, 1.807) is 24.3 Å². The maximum absolute atomic E-state index is 13.9. The lowest BCUT2D eigenvalue weighted by molar-refractivity contribution is 0.0913. The van der Waals surface area contributed by atoms with Crippen LogP contribution in [0.5, 0.6) is 11.5 Å². The largest absolute Gasteiger partial charge is 0.494 e. The summed E-state index contributed by atoms with van der Waals surface area (Å²) in [5, 5.41) is 14.0. The summed E-state index contributed by atoms with van der Waals surface area (Å²) >= 11 is 0. The second kappa shape index (κ2) is 10.4. The molecule has 6 nitrogen and oxygen atoms in total. The maximum Gasteiger partial charge on any atom is 0.255 e. The molecule has 0 saturated heterocycles. The molecule has 0 aliphatic carbocycles. The van der Waals surface area contributed by atoms with E-state index in [4.69, 9.17) is 9.47 Å². The summed E-state index contributed by atoms with van der Waals surface area (Å²) in [5.74, 6) is -0.269. The number of hydrogen-bond donors (Lipinski definition) is 3. The highest BCUT2D eigenvalue weighted by Crippen LogP contribution is 2.30. The van der Waals surface area contributed by atoms with Crippen LogP contribution in [0.15, 0.2) is 66.9 Å². The summed E-state index contributed by atoms with van der Waals surface area (Å²) in [6, 6.07) is 17.2. The SMILES string of the molecule is CCOc1ccc(-c2ccc(F)c(OC)c2)cc1C(=O)N[C@@H](CO)Cc1c[nH]c2ccccc12. The van der Waals surface area contributed by atoms with E-state index in [9.17, 15) is 14.3 Å². The quantitative estimate of drug-likeness (QED) is 0.336. The van der Waals surface area contributed by atoms with Gasteiger partial charge in [0, 0.05) is 17.1 Å². The van der Waals surface area contributed by atoms with E-state index in [2.05, 4.69) is 10.3 Å². The Morgan fingerprint density at radius 1 is 1.09 bits per heavy atom. The van der Waals surface area contributed by atoms with Crippen LogP contribution >= 0.6 is 0 Å². The first-order valence-corrected chi connectivity index (χ1v) is 11.1. The molecule has 176 valence electrons. The second-order valence-corrected chi connectivity index (χ2v) is 7.91. The van der Waals surface area contributed by atoms with Crippen LogP contribution in [0.1, 0.15) is 22.8 Å². The highest BCUT2D eigenvalue weighted by molar-refractivity contribution is 5.98. The fraction of sp³-hybridized carbons (Fsp3) is 0.222. The van der Waals surface area contributed by atoms with Crippen molar-refractivity contribution in [1.29, 1.82) is 0 Å². The first kappa shape index (κ1) is 23.3. The third-order valence-electron chi connectivity index (χ3n) is 5.71. The molecule has 0 aliphatic rings. The van der Waals surface area contributed by atoms with Crippen molar-refractivity contribution in [1.82, 2.24) is 10.3 Å². The Labute approximate surface area is 197 Å². The van der Waals surface area contributed by atoms with E-state index in [0.29, 0.717) is 35.5 Å². The molecule has 1 aromatic heterocycles. The molecule has 0 unspecified atom stereocenters. The zero-order valence-corrected chi connectivity index (χ0v) is 19.1. The summed E-state index contributed by atoms with van der Waals surface area (Å²) in [6.07, 6.45) is 2.36. The first-order chi connectivity index (χ1) is 16.5. The first-order valence-electron chi connectivity index (χ1n) is 11.1. The lowest BCUT2D eigenvalue weighted by Gasteiger charge is -2.18. The molecular weight excluding hydrogens is 435 g/mol. The Hall–Kier alpha value is -3.84. The third kappa shape index (κ3) is 4.89. The minimum absolute atomic E-state index is 0.122. The molecule has 0 bridgehead atoms. The zero-order chi connectivity index (χ0) is 24.1. The average molecular weight is 463 g/mol. The van der Waals surface area contributed by atoms with Gasteiger partial charge in [-0.05, 0) is 60.4 Å². The standard InChI is InChI=1S/C27H27FN2O4/c1-3-34-25-11-9-17(18-8-10-23(28)26(14-18)33-2)13-22(25)27(32)30-20(16-31)12-19-15-29-24-7-5-4-6-21(19)24/h4-11,13-15,20,29,31H,3,12,16H2,1-2H3,(H,30,32)/t20-/m1/s1. The van der Waals surface area contributed by atoms with Gasteiger partial charge >= 0.3 is 0 Å². The lowest BCUT2D eigenvalue weighted by Crippen LogP contribution is -2.39. The predicted octanol–water partition coefficient (Wildman–Crippen LogP) is 4.71. The normalized spacial score (nSPS) is 11.9. The number of benzene rings is 3. The van der Waals surface area contributed by atoms with Crippen molar-refractivity contribution in [3.8, 4) is 22.6 Å². The second-order valence-electron chi connectivity index (χ2n) is 7.91. The molecule has 0 spiro atoms. The van der Waals surface area contributed by atoms with Crippen molar-refractivity contribution in [2.24, 2.45) is 0 Å². The van der Waals surface area contributed by atoms with Crippen molar-refractivity contribution in [3.63, 3.8) is 0 Å².